The van der Waals surface area contributed by atoms with Gasteiger partial charge in [-0.3, -0.25) is 0 Å². The highest BCUT2D eigenvalue weighted by Crippen LogP contribution is 2.25. The molecule has 1 heterocycles. The van der Waals surface area contributed by atoms with Gasteiger partial charge in [0.2, 0.25) is 5.82 Å². The van der Waals surface area contributed by atoms with E-state index in [0.717, 1.165) is 17.7 Å². The monoisotopic (exact) mass is 424 g/mol. The first-order valence-corrected chi connectivity index (χ1v) is 8.45. The highest BCUT2D eigenvalue weighted by molar-refractivity contribution is 6.30. The Kier molecular flexibility index (Phi) is 6.18. The molecule has 3 aromatic rings. The van der Waals surface area contributed by atoms with Gasteiger partial charge in [-0.05, 0) is 48.0 Å². The summed E-state index contributed by atoms with van der Waals surface area (Å²) in [5.41, 5.74) is 1.17. The highest BCUT2D eigenvalue weighted by Gasteiger charge is 2.31. The summed E-state index contributed by atoms with van der Waals surface area (Å²) < 4.78 is 50.3. The number of halogens is 4. The van der Waals surface area contributed by atoms with Gasteiger partial charge in [-0.25, -0.2) is 4.79 Å². The molecular formula is C19H12ClF3N2O4. The second-order valence-electron chi connectivity index (χ2n) is 5.58. The third-order valence-electron chi connectivity index (χ3n) is 3.43. The summed E-state index contributed by atoms with van der Waals surface area (Å²) in [5, 5.41) is 4.28. The molecule has 0 radical (unpaired) electrons. The van der Waals surface area contributed by atoms with Crippen LogP contribution < -0.4 is 4.74 Å². The van der Waals surface area contributed by atoms with E-state index in [9.17, 15) is 18.0 Å². The number of carbonyl (C=O) groups excluding carboxylic acids is 1. The molecule has 0 amide bonds. The van der Waals surface area contributed by atoms with Crippen molar-refractivity contribution in [2.75, 3.05) is 0 Å². The summed E-state index contributed by atoms with van der Waals surface area (Å²) in [6.45, 7) is -0.258. The van der Waals surface area contributed by atoms with Gasteiger partial charge in [-0.2, -0.15) is 4.98 Å². The van der Waals surface area contributed by atoms with Crippen molar-refractivity contribution < 1.29 is 32.0 Å². The minimum atomic E-state index is -4.77. The SMILES string of the molecule is O=C(C=Cc1ccc(Cl)cc1)OCc1nc(-c2ccc(OC(F)(F)F)cc2)no1. The van der Waals surface area contributed by atoms with Gasteiger partial charge in [-0.15, -0.1) is 13.2 Å². The lowest BCUT2D eigenvalue weighted by molar-refractivity contribution is -0.274. The Labute approximate surface area is 167 Å². The fourth-order valence-corrected chi connectivity index (χ4v) is 2.28. The smallest absolute Gasteiger partial charge is 0.452 e. The number of hydrogen-bond donors (Lipinski definition) is 0. The molecule has 10 heteroatoms. The summed E-state index contributed by atoms with van der Waals surface area (Å²) in [5.74, 6) is -0.824. The lowest BCUT2D eigenvalue weighted by Crippen LogP contribution is -2.16. The maximum atomic E-state index is 12.2. The number of nitrogens with zero attached hydrogens (tertiary/aromatic N) is 2. The molecule has 0 aliphatic carbocycles. The zero-order valence-electron chi connectivity index (χ0n) is 14.5. The maximum absolute atomic E-state index is 12.2. The number of esters is 1. The Morgan fingerprint density at radius 1 is 1.10 bits per heavy atom. The second kappa shape index (κ2) is 8.78. The van der Waals surface area contributed by atoms with Crippen molar-refractivity contribution in [1.29, 1.82) is 0 Å². The topological polar surface area (TPSA) is 74.5 Å². The van der Waals surface area contributed by atoms with Crippen molar-refractivity contribution in [2.24, 2.45) is 0 Å². The third kappa shape index (κ3) is 6.35. The summed E-state index contributed by atoms with van der Waals surface area (Å²) in [6, 6.07) is 11.8. The van der Waals surface area contributed by atoms with E-state index in [4.69, 9.17) is 20.9 Å². The number of hydrogen-bond acceptors (Lipinski definition) is 6. The fraction of sp³-hybridized carbons (Fsp3) is 0.105. The van der Waals surface area contributed by atoms with Crippen LogP contribution in [0.2, 0.25) is 5.02 Å². The van der Waals surface area contributed by atoms with Gasteiger partial charge in [-0.1, -0.05) is 28.9 Å². The minimum absolute atomic E-state index is 0.0314. The number of ether oxygens (including phenoxy) is 2. The molecule has 0 saturated carbocycles. The van der Waals surface area contributed by atoms with Crippen molar-refractivity contribution in [1.82, 2.24) is 10.1 Å². The highest BCUT2D eigenvalue weighted by atomic mass is 35.5. The molecule has 0 atom stereocenters. The van der Waals surface area contributed by atoms with Crippen LogP contribution in [0.15, 0.2) is 59.1 Å². The van der Waals surface area contributed by atoms with Gasteiger partial charge in [0, 0.05) is 16.7 Å². The fourth-order valence-electron chi connectivity index (χ4n) is 2.16. The summed E-state index contributed by atoms with van der Waals surface area (Å²) in [7, 11) is 0. The molecule has 0 unspecified atom stereocenters. The van der Waals surface area contributed by atoms with Crippen molar-refractivity contribution in [3.8, 4) is 17.1 Å². The average molecular weight is 425 g/mol. The Morgan fingerprint density at radius 2 is 1.79 bits per heavy atom. The van der Waals surface area contributed by atoms with Gasteiger partial charge in [0.25, 0.3) is 5.89 Å². The molecule has 29 heavy (non-hydrogen) atoms. The predicted molar refractivity (Wildman–Crippen MR) is 96.7 cm³/mol. The summed E-state index contributed by atoms with van der Waals surface area (Å²) >= 11 is 5.78. The molecule has 0 bridgehead atoms. The summed E-state index contributed by atoms with van der Waals surface area (Å²) in [4.78, 5) is 15.8. The van der Waals surface area contributed by atoms with Crippen LogP contribution in [-0.2, 0) is 16.1 Å². The first-order chi connectivity index (χ1) is 13.8. The van der Waals surface area contributed by atoms with Gasteiger partial charge in [0.15, 0.2) is 6.61 Å². The molecular weight excluding hydrogens is 413 g/mol. The van der Waals surface area contributed by atoms with Crippen molar-refractivity contribution >= 4 is 23.6 Å². The van der Waals surface area contributed by atoms with Crippen LogP contribution in [-0.4, -0.2) is 22.5 Å². The van der Waals surface area contributed by atoms with Crippen molar-refractivity contribution in [3.63, 3.8) is 0 Å². The molecule has 0 spiro atoms. The first kappa shape index (κ1) is 20.4. The number of alkyl halides is 3. The lowest BCUT2D eigenvalue weighted by atomic mass is 10.2. The molecule has 1 aromatic heterocycles. The molecule has 0 fully saturated rings. The van der Waals surface area contributed by atoms with Gasteiger partial charge in [0.05, 0.1) is 0 Å². The molecule has 3 rings (SSSR count). The Hall–Kier alpha value is -3.33. The Bertz CT molecular complexity index is 1000. The number of benzene rings is 2. The maximum Gasteiger partial charge on any atom is 0.573 e. The van der Waals surface area contributed by atoms with Crippen LogP contribution in [0.5, 0.6) is 5.75 Å². The van der Waals surface area contributed by atoms with Crippen molar-refractivity contribution in [2.45, 2.75) is 13.0 Å². The van der Waals surface area contributed by atoms with Gasteiger partial charge in [0.1, 0.15) is 5.75 Å². The van der Waals surface area contributed by atoms with E-state index in [0.29, 0.717) is 10.6 Å². The van der Waals surface area contributed by atoms with Crippen LogP contribution >= 0.6 is 11.6 Å². The van der Waals surface area contributed by atoms with E-state index in [1.165, 1.54) is 18.2 Å². The normalized spacial score (nSPS) is 11.6. The quantitative estimate of drug-likeness (QED) is 0.407. The van der Waals surface area contributed by atoms with Crippen LogP contribution in [0, 0.1) is 0 Å². The van der Waals surface area contributed by atoms with Crippen molar-refractivity contribution in [3.05, 3.63) is 71.1 Å². The Balaban J connectivity index is 1.54. The zero-order valence-corrected chi connectivity index (χ0v) is 15.3. The molecule has 6 nitrogen and oxygen atoms in total. The van der Waals surface area contributed by atoms with E-state index in [-0.39, 0.29) is 24.1 Å². The van der Waals surface area contributed by atoms with E-state index >= 15 is 0 Å². The first-order valence-electron chi connectivity index (χ1n) is 8.08. The number of aromatic nitrogens is 2. The van der Waals surface area contributed by atoms with Crippen LogP contribution in [0.1, 0.15) is 11.5 Å². The standard InChI is InChI=1S/C19H12ClF3N2O4/c20-14-6-1-12(2-7-14)3-10-17(26)27-11-16-24-18(25-29-16)13-4-8-15(9-5-13)28-19(21,22)23/h1-10H,11H2. The van der Waals surface area contributed by atoms with Crippen LogP contribution in [0.25, 0.3) is 17.5 Å². The van der Waals surface area contributed by atoms with Crippen LogP contribution in [0.4, 0.5) is 13.2 Å². The van der Waals surface area contributed by atoms with Gasteiger partial charge >= 0.3 is 12.3 Å². The Morgan fingerprint density at radius 3 is 2.45 bits per heavy atom. The average Bonchev–Trinajstić information content (AvgIpc) is 3.14. The molecule has 0 aliphatic rings. The number of rotatable bonds is 6. The number of carbonyl (C=O) groups is 1. The molecule has 150 valence electrons. The molecule has 0 saturated heterocycles. The molecule has 2 aromatic carbocycles. The van der Waals surface area contributed by atoms with E-state index < -0.39 is 12.3 Å². The van der Waals surface area contributed by atoms with Crippen LogP contribution in [0.3, 0.4) is 0 Å². The van der Waals surface area contributed by atoms with E-state index in [1.54, 1.807) is 30.3 Å². The zero-order chi connectivity index (χ0) is 20.9. The predicted octanol–water partition coefficient (Wildman–Crippen LogP) is 5.05. The van der Waals surface area contributed by atoms with E-state index in [2.05, 4.69) is 14.9 Å². The van der Waals surface area contributed by atoms with E-state index in [1.807, 2.05) is 0 Å². The molecule has 0 N–H and O–H groups in total. The minimum Gasteiger partial charge on any atom is -0.452 e. The molecule has 0 aliphatic heterocycles. The summed E-state index contributed by atoms with van der Waals surface area (Å²) in [6.07, 6.45) is -1.98. The largest absolute Gasteiger partial charge is 0.573 e. The third-order valence-corrected chi connectivity index (χ3v) is 3.69. The lowest BCUT2D eigenvalue weighted by Gasteiger charge is -2.08. The second-order valence-corrected chi connectivity index (χ2v) is 6.01. The van der Waals surface area contributed by atoms with Gasteiger partial charge < -0.3 is 14.0 Å².